The molecule has 0 radical (unpaired) electrons. The Kier molecular flexibility index (Phi) is 5.31. The van der Waals surface area contributed by atoms with Gasteiger partial charge in [0.15, 0.2) is 11.6 Å². The van der Waals surface area contributed by atoms with E-state index >= 15 is 0 Å². The van der Waals surface area contributed by atoms with Crippen LogP contribution in [0.1, 0.15) is 37.3 Å². The minimum atomic E-state index is -0.858. The number of hydrogen-bond donors (Lipinski definition) is 0. The van der Waals surface area contributed by atoms with E-state index in [-0.39, 0.29) is 16.9 Å². The molecule has 0 fully saturated rings. The first-order valence-corrected chi connectivity index (χ1v) is 9.98. The maximum atomic E-state index is 14.8. The van der Waals surface area contributed by atoms with Gasteiger partial charge < -0.3 is 0 Å². The van der Waals surface area contributed by atoms with E-state index in [1.807, 2.05) is 6.07 Å². The van der Waals surface area contributed by atoms with E-state index in [1.54, 1.807) is 48.5 Å². The fourth-order valence-corrected chi connectivity index (χ4v) is 3.87. The largest absolute Gasteiger partial charge is 0.206 e. The van der Waals surface area contributed by atoms with E-state index in [2.05, 4.69) is 13.0 Å². The minimum Gasteiger partial charge on any atom is -0.206 e. The van der Waals surface area contributed by atoms with Gasteiger partial charge in [-0.15, -0.1) is 0 Å². The van der Waals surface area contributed by atoms with Crippen molar-refractivity contribution in [3.05, 3.63) is 89.3 Å². The van der Waals surface area contributed by atoms with E-state index in [0.29, 0.717) is 22.6 Å². The van der Waals surface area contributed by atoms with Crippen molar-refractivity contribution in [1.29, 1.82) is 0 Å². The molecule has 1 aliphatic carbocycles. The SMILES string of the molecule is Cc1ccc(-c2ccc(-c3ccc(C4=CCC(C)CC4)cc3F)cc2)c(F)c1F. The van der Waals surface area contributed by atoms with Crippen molar-refractivity contribution in [1.82, 2.24) is 0 Å². The van der Waals surface area contributed by atoms with Crippen LogP contribution in [-0.2, 0) is 0 Å². The first kappa shape index (κ1) is 19.5. The predicted octanol–water partition coefficient (Wildman–Crippen LogP) is 7.95. The van der Waals surface area contributed by atoms with Gasteiger partial charge in [-0.25, -0.2) is 13.2 Å². The van der Waals surface area contributed by atoms with Gasteiger partial charge in [0.05, 0.1) is 0 Å². The highest BCUT2D eigenvalue weighted by Crippen LogP contribution is 2.33. The van der Waals surface area contributed by atoms with Crippen molar-refractivity contribution < 1.29 is 13.2 Å². The van der Waals surface area contributed by atoms with Gasteiger partial charge in [0, 0.05) is 11.1 Å². The smallest absolute Gasteiger partial charge is 0.166 e. The Hall–Kier alpha value is -2.81. The minimum absolute atomic E-state index is 0.203. The molecule has 1 unspecified atom stereocenters. The molecule has 0 saturated carbocycles. The Balaban J connectivity index is 1.62. The van der Waals surface area contributed by atoms with E-state index < -0.39 is 11.6 Å². The summed E-state index contributed by atoms with van der Waals surface area (Å²) >= 11 is 0. The van der Waals surface area contributed by atoms with Gasteiger partial charge in [0.25, 0.3) is 0 Å². The first-order chi connectivity index (χ1) is 13.9. The summed E-state index contributed by atoms with van der Waals surface area (Å²) < 4.78 is 42.9. The molecule has 0 aliphatic heterocycles. The summed E-state index contributed by atoms with van der Waals surface area (Å²) in [7, 11) is 0. The summed E-state index contributed by atoms with van der Waals surface area (Å²) in [5, 5.41) is 0. The molecule has 3 aromatic carbocycles. The molecule has 29 heavy (non-hydrogen) atoms. The van der Waals surface area contributed by atoms with Crippen LogP contribution in [0.2, 0.25) is 0 Å². The van der Waals surface area contributed by atoms with Crippen LogP contribution in [-0.4, -0.2) is 0 Å². The van der Waals surface area contributed by atoms with E-state index in [1.165, 1.54) is 12.5 Å². The molecule has 4 rings (SSSR count). The van der Waals surface area contributed by atoms with Crippen molar-refractivity contribution in [2.45, 2.75) is 33.1 Å². The lowest BCUT2D eigenvalue weighted by atomic mass is 9.87. The van der Waals surface area contributed by atoms with Crippen LogP contribution in [0.3, 0.4) is 0 Å². The second kappa shape index (κ2) is 7.90. The fourth-order valence-electron chi connectivity index (χ4n) is 3.87. The molecule has 1 aliphatic rings. The number of halogens is 3. The van der Waals surface area contributed by atoms with E-state index in [9.17, 15) is 13.2 Å². The van der Waals surface area contributed by atoms with E-state index in [4.69, 9.17) is 0 Å². The quantitative estimate of drug-likeness (QED) is 0.424. The zero-order valence-corrected chi connectivity index (χ0v) is 16.6. The van der Waals surface area contributed by atoms with Gasteiger partial charge in [-0.3, -0.25) is 0 Å². The molecule has 0 spiro atoms. The molecule has 3 aromatic rings. The van der Waals surface area contributed by atoms with Crippen LogP contribution >= 0.6 is 0 Å². The monoisotopic (exact) mass is 392 g/mol. The van der Waals surface area contributed by atoms with Crippen molar-refractivity contribution in [2.24, 2.45) is 5.92 Å². The fraction of sp³-hybridized carbons (Fsp3) is 0.231. The maximum Gasteiger partial charge on any atom is 0.166 e. The van der Waals surface area contributed by atoms with Crippen LogP contribution in [0.25, 0.3) is 27.8 Å². The number of allylic oxidation sites excluding steroid dienone is 2. The Bertz CT molecular complexity index is 1080. The van der Waals surface area contributed by atoms with Crippen LogP contribution in [0.4, 0.5) is 13.2 Å². The van der Waals surface area contributed by atoms with Gasteiger partial charge in [-0.1, -0.05) is 61.5 Å². The Morgan fingerprint density at radius 1 is 0.759 bits per heavy atom. The van der Waals surface area contributed by atoms with Crippen LogP contribution in [0.5, 0.6) is 0 Å². The predicted molar refractivity (Wildman–Crippen MR) is 113 cm³/mol. The van der Waals surface area contributed by atoms with Gasteiger partial charge in [0.1, 0.15) is 5.82 Å². The normalized spacial score (nSPS) is 16.6. The lowest BCUT2D eigenvalue weighted by Gasteiger charge is -2.19. The lowest BCUT2D eigenvalue weighted by Crippen LogP contribution is -2.01. The Morgan fingerprint density at radius 3 is 2.00 bits per heavy atom. The molecule has 1 atom stereocenters. The highest BCUT2D eigenvalue weighted by Gasteiger charge is 2.15. The summed E-state index contributed by atoms with van der Waals surface area (Å²) in [5.41, 5.74) is 4.38. The Morgan fingerprint density at radius 2 is 1.38 bits per heavy atom. The molecule has 0 bridgehead atoms. The third kappa shape index (κ3) is 3.87. The highest BCUT2D eigenvalue weighted by molar-refractivity contribution is 5.74. The third-order valence-electron chi connectivity index (χ3n) is 5.80. The molecule has 0 nitrogen and oxygen atoms in total. The number of rotatable bonds is 3. The zero-order chi connectivity index (χ0) is 20.5. The summed E-state index contributed by atoms with van der Waals surface area (Å²) in [5.74, 6) is -1.28. The average molecular weight is 392 g/mol. The molecular formula is C26H23F3. The number of hydrogen-bond acceptors (Lipinski definition) is 0. The second-order valence-electron chi connectivity index (χ2n) is 7.94. The van der Waals surface area contributed by atoms with Crippen LogP contribution in [0.15, 0.2) is 60.7 Å². The maximum absolute atomic E-state index is 14.8. The molecule has 0 amide bonds. The second-order valence-corrected chi connectivity index (χ2v) is 7.94. The van der Waals surface area contributed by atoms with Crippen LogP contribution < -0.4 is 0 Å². The molecule has 0 heterocycles. The van der Waals surface area contributed by atoms with Crippen molar-refractivity contribution in [2.75, 3.05) is 0 Å². The topological polar surface area (TPSA) is 0 Å². The highest BCUT2D eigenvalue weighted by atomic mass is 19.2. The molecule has 0 saturated heterocycles. The van der Waals surface area contributed by atoms with Crippen molar-refractivity contribution in [3.63, 3.8) is 0 Å². The average Bonchev–Trinajstić information content (AvgIpc) is 2.73. The molecule has 148 valence electrons. The molecular weight excluding hydrogens is 369 g/mol. The molecule has 3 heteroatoms. The van der Waals surface area contributed by atoms with Crippen molar-refractivity contribution in [3.8, 4) is 22.3 Å². The Labute approximate surface area is 169 Å². The summed E-state index contributed by atoms with van der Waals surface area (Å²) in [6.07, 6.45) is 5.36. The van der Waals surface area contributed by atoms with E-state index in [0.717, 1.165) is 24.8 Å². The summed E-state index contributed by atoms with van der Waals surface area (Å²) in [6, 6.07) is 15.4. The standard InChI is InChI=1S/C26H23F3/c1-16-3-6-18(7-4-16)21-12-14-22(24(27)15-21)19-8-10-20(11-9-19)23-13-5-17(2)25(28)26(23)29/h5-6,8-16H,3-4,7H2,1-2H3. The number of benzene rings is 3. The number of aryl methyl sites for hydroxylation is 1. The van der Waals surface area contributed by atoms with Gasteiger partial charge >= 0.3 is 0 Å². The third-order valence-corrected chi connectivity index (χ3v) is 5.80. The summed E-state index contributed by atoms with van der Waals surface area (Å²) in [4.78, 5) is 0. The van der Waals surface area contributed by atoms with Gasteiger partial charge in [-0.05, 0) is 66.0 Å². The lowest BCUT2D eigenvalue weighted by molar-refractivity contribution is 0.505. The molecule has 0 aromatic heterocycles. The first-order valence-electron chi connectivity index (χ1n) is 9.98. The summed E-state index contributed by atoms with van der Waals surface area (Å²) in [6.45, 7) is 3.76. The van der Waals surface area contributed by atoms with Gasteiger partial charge in [0.2, 0.25) is 0 Å². The van der Waals surface area contributed by atoms with Crippen LogP contribution in [0, 0.1) is 30.3 Å². The van der Waals surface area contributed by atoms with Crippen molar-refractivity contribution >= 4 is 5.57 Å². The molecule has 0 N–H and O–H groups in total. The zero-order valence-electron chi connectivity index (χ0n) is 16.6. The van der Waals surface area contributed by atoms with Gasteiger partial charge in [-0.2, -0.15) is 0 Å².